The van der Waals surface area contributed by atoms with E-state index in [1.54, 1.807) is 0 Å². The van der Waals surface area contributed by atoms with E-state index in [1.165, 1.54) is 12.8 Å². The van der Waals surface area contributed by atoms with Gasteiger partial charge in [-0.1, -0.05) is 19.8 Å². The molecule has 0 spiro atoms. The SMILES string of the molecule is CCc1nn(CC)c(CN(CC(N)=O)C2CCCC2)c1Br. The van der Waals surface area contributed by atoms with Crippen molar-refractivity contribution < 1.29 is 4.79 Å². The predicted molar refractivity (Wildman–Crippen MR) is 86.8 cm³/mol. The van der Waals surface area contributed by atoms with Crippen LogP contribution in [0.4, 0.5) is 0 Å². The van der Waals surface area contributed by atoms with Crippen LogP contribution in [0.5, 0.6) is 0 Å². The normalized spacial score (nSPS) is 16.0. The minimum absolute atomic E-state index is 0.253. The summed E-state index contributed by atoms with van der Waals surface area (Å²) in [5.41, 5.74) is 7.68. The number of carbonyl (C=O) groups is 1. The molecule has 1 heterocycles. The lowest BCUT2D eigenvalue weighted by Crippen LogP contribution is -2.40. The highest BCUT2D eigenvalue weighted by molar-refractivity contribution is 9.10. The van der Waals surface area contributed by atoms with Crippen LogP contribution in [0.25, 0.3) is 0 Å². The van der Waals surface area contributed by atoms with Crippen LogP contribution in [0.15, 0.2) is 4.47 Å². The van der Waals surface area contributed by atoms with E-state index in [0.29, 0.717) is 12.6 Å². The van der Waals surface area contributed by atoms with Crippen molar-refractivity contribution in [2.45, 2.75) is 65.1 Å². The monoisotopic (exact) mass is 356 g/mol. The van der Waals surface area contributed by atoms with Crippen molar-refractivity contribution in [3.05, 3.63) is 15.9 Å². The second-order valence-corrected chi connectivity index (χ2v) is 6.48. The Balaban J connectivity index is 2.22. The van der Waals surface area contributed by atoms with Crippen LogP contribution in [0.2, 0.25) is 0 Å². The molecule has 1 saturated carbocycles. The second-order valence-electron chi connectivity index (χ2n) is 5.69. The number of aromatic nitrogens is 2. The van der Waals surface area contributed by atoms with Gasteiger partial charge in [0.25, 0.3) is 0 Å². The zero-order chi connectivity index (χ0) is 15.4. The molecular formula is C15H25BrN4O. The molecule has 0 radical (unpaired) electrons. The third-order valence-corrected chi connectivity index (χ3v) is 5.16. The largest absolute Gasteiger partial charge is 0.369 e. The third kappa shape index (κ3) is 3.86. The molecule has 1 amide bonds. The fourth-order valence-corrected chi connectivity index (χ4v) is 3.83. The summed E-state index contributed by atoms with van der Waals surface area (Å²) in [5, 5.41) is 4.63. The van der Waals surface area contributed by atoms with Crippen LogP contribution in [0.3, 0.4) is 0 Å². The lowest BCUT2D eigenvalue weighted by atomic mass is 10.2. The molecule has 5 nitrogen and oxygen atoms in total. The molecule has 1 aromatic rings. The maximum absolute atomic E-state index is 11.4. The van der Waals surface area contributed by atoms with Crippen molar-refractivity contribution in [3.8, 4) is 0 Å². The molecular weight excluding hydrogens is 332 g/mol. The summed E-state index contributed by atoms with van der Waals surface area (Å²) in [6, 6.07) is 0.467. The van der Waals surface area contributed by atoms with Gasteiger partial charge >= 0.3 is 0 Å². The van der Waals surface area contributed by atoms with Gasteiger partial charge in [-0.15, -0.1) is 0 Å². The van der Waals surface area contributed by atoms with E-state index >= 15 is 0 Å². The van der Waals surface area contributed by atoms with Gasteiger partial charge in [-0.05, 0) is 42.1 Å². The Hall–Kier alpha value is -0.880. The number of rotatable bonds is 7. The lowest BCUT2D eigenvalue weighted by molar-refractivity contribution is -0.119. The Labute approximate surface area is 135 Å². The predicted octanol–water partition coefficient (Wildman–Crippen LogP) is 2.46. The van der Waals surface area contributed by atoms with Gasteiger partial charge in [0.2, 0.25) is 5.91 Å². The Morgan fingerprint density at radius 2 is 2.10 bits per heavy atom. The van der Waals surface area contributed by atoms with Gasteiger partial charge in [-0.2, -0.15) is 5.10 Å². The first-order chi connectivity index (χ1) is 10.1. The number of primary amides is 1. The van der Waals surface area contributed by atoms with Crippen LogP contribution in [0.1, 0.15) is 50.9 Å². The molecule has 2 N–H and O–H groups in total. The van der Waals surface area contributed by atoms with Gasteiger partial charge in [-0.25, -0.2) is 0 Å². The van der Waals surface area contributed by atoms with E-state index in [1.807, 2.05) is 4.68 Å². The maximum Gasteiger partial charge on any atom is 0.231 e. The van der Waals surface area contributed by atoms with Crippen molar-refractivity contribution in [2.75, 3.05) is 6.54 Å². The molecule has 0 bridgehead atoms. The molecule has 118 valence electrons. The van der Waals surface area contributed by atoms with Gasteiger partial charge in [0.15, 0.2) is 0 Å². The molecule has 2 rings (SSSR count). The fourth-order valence-electron chi connectivity index (χ4n) is 3.14. The summed E-state index contributed by atoms with van der Waals surface area (Å²) in [7, 11) is 0. The zero-order valence-corrected chi connectivity index (χ0v) is 14.5. The highest BCUT2D eigenvalue weighted by Crippen LogP contribution is 2.28. The molecule has 0 atom stereocenters. The third-order valence-electron chi connectivity index (χ3n) is 4.25. The average molecular weight is 357 g/mol. The first kappa shape index (κ1) is 16.5. The van der Waals surface area contributed by atoms with Crippen molar-refractivity contribution in [1.29, 1.82) is 0 Å². The highest BCUT2D eigenvalue weighted by Gasteiger charge is 2.26. The number of hydrogen-bond donors (Lipinski definition) is 1. The molecule has 1 aliphatic carbocycles. The highest BCUT2D eigenvalue weighted by atomic mass is 79.9. The van der Waals surface area contributed by atoms with Gasteiger partial charge in [0.05, 0.1) is 22.4 Å². The van der Waals surface area contributed by atoms with Crippen LogP contribution in [-0.2, 0) is 24.3 Å². The number of halogens is 1. The fraction of sp³-hybridized carbons (Fsp3) is 0.733. The molecule has 1 aliphatic rings. The molecule has 0 aromatic carbocycles. The van der Waals surface area contributed by atoms with Crippen LogP contribution >= 0.6 is 15.9 Å². The molecule has 0 unspecified atom stereocenters. The Kier molecular flexibility index (Phi) is 5.81. The van der Waals surface area contributed by atoms with E-state index in [4.69, 9.17) is 5.73 Å². The minimum atomic E-state index is -0.253. The number of aryl methyl sites for hydroxylation is 2. The molecule has 0 aliphatic heterocycles. The van der Waals surface area contributed by atoms with Crippen molar-refractivity contribution in [3.63, 3.8) is 0 Å². The molecule has 21 heavy (non-hydrogen) atoms. The van der Waals surface area contributed by atoms with E-state index in [2.05, 4.69) is 39.8 Å². The lowest BCUT2D eigenvalue weighted by Gasteiger charge is -2.27. The Morgan fingerprint density at radius 1 is 1.43 bits per heavy atom. The van der Waals surface area contributed by atoms with Crippen molar-refractivity contribution in [2.24, 2.45) is 5.73 Å². The molecule has 6 heteroatoms. The van der Waals surface area contributed by atoms with Gasteiger partial charge in [0, 0.05) is 19.1 Å². The average Bonchev–Trinajstić information content (AvgIpc) is 3.07. The maximum atomic E-state index is 11.4. The summed E-state index contributed by atoms with van der Waals surface area (Å²) in [4.78, 5) is 13.6. The standard InChI is InChI=1S/C15H25BrN4O/c1-3-12-15(16)13(20(4-2)18-12)9-19(10-14(17)21)11-7-5-6-8-11/h11H,3-10H2,1-2H3,(H2,17,21). The van der Waals surface area contributed by atoms with Crippen LogP contribution in [-0.4, -0.2) is 33.2 Å². The van der Waals surface area contributed by atoms with Gasteiger partial charge in [0.1, 0.15) is 0 Å². The van der Waals surface area contributed by atoms with E-state index in [9.17, 15) is 4.79 Å². The Morgan fingerprint density at radius 3 is 2.62 bits per heavy atom. The number of carbonyl (C=O) groups excluding carboxylic acids is 1. The molecule has 1 aromatic heterocycles. The molecule has 1 fully saturated rings. The summed E-state index contributed by atoms with van der Waals surface area (Å²) in [6.45, 7) is 6.09. The summed E-state index contributed by atoms with van der Waals surface area (Å²) in [6.07, 6.45) is 5.71. The summed E-state index contributed by atoms with van der Waals surface area (Å²) in [5.74, 6) is -0.253. The smallest absolute Gasteiger partial charge is 0.231 e. The van der Waals surface area contributed by atoms with Crippen LogP contribution in [0, 0.1) is 0 Å². The van der Waals surface area contributed by atoms with Gasteiger partial charge in [-0.3, -0.25) is 14.4 Å². The molecule has 0 saturated heterocycles. The van der Waals surface area contributed by atoms with Crippen molar-refractivity contribution in [1.82, 2.24) is 14.7 Å². The minimum Gasteiger partial charge on any atom is -0.369 e. The van der Waals surface area contributed by atoms with Crippen LogP contribution < -0.4 is 5.73 Å². The first-order valence-electron chi connectivity index (χ1n) is 7.83. The van der Waals surface area contributed by atoms with E-state index in [0.717, 1.165) is 48.2 Å². The first-order valence-corrected chi connectivity index (χ1v) is 8.62. The van der Waals surface area contributed by atoms with E-state index < -0.39 is 0 Å². The number of amides is 1. The van der Waals surface area contributed by atoms with E-state index in [-0.39, 0.29) is 5.91 Å². The topological polar surface area (TPSA) is 64.2 Å². The number of nitrogens with zero attached hydrogens (tertiary/aromatic N) is 3. The quantitative estimate of drug-likeness (QED) is 0.815. The number of hydrogen-bond acceptors (Lipinski definition) is 3. The van der Waals surface area contributed by atoms with Crippen molar-refractivity contribution >= 4 is 21.8 Å². The number of nitrogens with two attached hydrogens (primary N) is 1. The summed E-state index contributed by atoms with van der Waals surface area (Å²) < 4.78 is 3.12. The van der Waals surface area contributed by atoms with Gasteiger partial charge < -0.3 is 5.73 Å². The Bertz CT molecular complexity index is 494. The summed E-state index contributed by atoms with van der Waals surface area (Å²) >= 11 is 3.68. The second kappa shape index (κ2) is 7.40. The zero-order valence-electron chi connectivity index (χ0n) is 12.9.